The molecule has 0 saturated carbocycles. The second kappa shape index (κ2) is 14.1. The Labute approximate surface area is 231 Å². The number of carbonyl (C=O) groups is 3. The Morgan fingerprint density at radius 3 is 2.02 bits per heavy atom. The van der Waals surface area contributed by atoms with Crippen LogP contribution in [0.4, 0.5) is 24.5 Å². The van der Waals surface area contributed by atoms with E-state index in [1.54, 1.807) is 60.7 Å². The number of aromatic carboxylic acids is 1. The van der Waals surface area contributed by atoms with Crippen molar-refractivity contribution >= 4 is 35.1 Å². The smallest absolute Gasteiger partial charge is 0.490 e. The second-order valence-electron chi connectivity index (χ2n) is 7.95. The highest BCUT2D eigenvalue weighted by atomic mass is 19.4. The van der Waals surface area contributed by atoms with Gasteiger partial charge in [0, 0.05) is 11.3 Å². The summed E-state index contributed by atoms with van der Waals surface area (Å²) in [4.78, 5) is 33.6. The van der Waals surface area contributed by atoms with Crippen LogP contribution in [0.5, 0.6) is 11.5 Å². The molecule has 0 radical (unpaired) electrons. The Morgan fingerprint density at radius 2 is 1.51 bits per heavy atom. The number of methoxy groups -OCH3 is 2. The monoisotopic (exact) mass is 577 g/mol. The first-order valence-electron chi connectivity index (χ1n) is 11.4. The van der Waals surface area contributed by atoms with Crippen molar-refractivity contribution in [3.8, 4) is 11.5 Å². The molecule has 12 nitrogen and oxygen atoms in total. The van der Waals surface area contributed by atoms with Gasteiger partial charge in [-0.15, -0.1) is 0 Å². The molecule has 1 atom stereocenters. The molecule has 15 heteroatoms. The Morgan fingerprint density at radius 1 is 0.927 bits per heavy atom. The minimum absolute atomic E-state index is 0.0123. The van der Waals surface area contributed by atoms with Crippen LogP contribution in [-0.4, -0.2) is 54.3 Å². The zero-order valence-corrected chi connectivity index (χ0v) is 21.6. The predicted molar refractivity (Wildman–Crippen MR) is 142 cm³/mol. The highest BCUT2D eigenvalue weighted by molar-refractivity contribution is 5.96. The van der Waals surface area contributed by atoms with Crippen LogP contribution in [0.2, 0.25) is 0 Å². The minimum atomic E-state index is -5.08. The normalized spacial score (nSPS) is 11.1. The second-order valence-corrected chi connectivity index (χ2v) is 7.95. The van der Waals surface area contributed by atoms with E-state index in [9.17, 15) is 27.9 Å². The number of aliphatic carboxylic acids is 1. The summed E-state index contributed by atoms with van der Waals surface area (Å²) in [7, 11) is 3.01. The first-order chi connectivity index (χ1) is 19.3. The number of hydrogen-bond donors (Lipinski definition) is 7. The maximum atomic E-state index is 13.2. The van der Waals surface area contributed by atoms with Crippen LogP contribution in [0.3, 0.4) is 0 Å². The number of anilines is 2. The number of nitrogens with one attached hydrogen (secondary N) is 4. The Balaban J connectivity index is 0.000000745. The molecule has 0 heterocycles. The van der Waals surface area contributed by atoms with Gasteiger partial charge in [-0.1, -0.05) is 18.2 Å². The van der Waals surface area contributed by atoms with Crippen LogP contribution >= 0.6 is 0 Å². The number of hydrazine groups is 1. The molecule has 0 aromatic heterocycles. The summed E-state index contributed by atoms with van der Waals surface area (Å²) in [6.07, 6.45) is -5.08. The topological polar surface area (TPSA) is 196 Å². The van der Waals surface area contributed by atoms with Gasteiger partial charge in [0.2, 0.25) is 0 Å². The van der Waals surface area contributed by atoms with Crippen molar-refractivity contribution in [2.24, 2.45) is 5.73 Å². The number of amidine groups is 1. The first kappa shape index (κ1) is 31.7. The molecule has 0 aliphatic rings. The minimum Gasteiger partial charge on any atom is -0.493 e. The summed E-state index contributed by atoms with van der Waals surface area (Å²) in [5.74, 6) is -3.49. The molecule has 0 bridgehead atoms. The molecule has 41 heavy (non-hydrogen) atoms. The maximum Gasteiger partial charge on any atom is 0.490 e. The molecular formula is C26H26F3N5O7. The molecule has 3 rings (SSSR count). The Bertz CT molecular complexity index is 1400. The van der Waals surface area contributed by atoms with Crippen LogP contribution in [-0.2, 0) is 9.59 Å². The highest BCUT2D eigenvalue weighted by Crippen LogP contribution is 2.31. The van der Waals surface area contributed by atoms with Crippen molar-refractivity contribution in [3.63, 3.8) is 0 Å². The van der Waals surface area contributed by atoms with Crippen molar-refractivity contribution in [3.05, 3.63) is 83.4 Å². The molecule has 1 unspecified atom stereocenters. The fraction of sp³-hybridized carbons (Fsp3) is 0.154. The van der Waals surface area contributed by atoms with Gasteiger partial charge >= 0.3 is 18.1 Å². The molecule has 218 valence electrons. The number of carboxylic acid groups (broad SMARTS) is 2. The van der Waals surface area contributed by atoms with Crippen molar-refractivity contribution in [1.82, 2.24) is 5.43 Å². The molecule has 0 fully saturated rings. The summed E-state index contributed by atoms with van der Waals surface area (Å²) < 4.78 is 42.4. The molecule has 1 amide bonds. The highest BCUT2D eigenvalue weighted by Gasteiger charge is 2.38. The van der Waals surface area contributed by atoms with E-state index in [1.165, 1.54) is 20.3 Å². The number of para-hydroxylation sites is 1. The number of halogens is 3. The molecule has 0 aliphatic carbocycles. The van der Waals surface area contributed by atoms with Gasteiger partial charge in [-0.25, -0.2) is 9.59 Å². The van der Waals surface area contributed by atoms with Crippen LogP contribution in [0.1, 0.15) is 27.5 Å². The molecule has 0 spiro atoms. The Kier molecular flexibility index (Phi) is 10.9. The summed E-state index contributed by atoms with van der Waals surface area (Å²) in [5, 5.41) is 27.2. The summed E-state index contributed by atoms with van der Waals surface area (Å²) in [5.41, 5.74) is 12.7. The third-order valence-electron chi connectivity index (χ3n) is 5.23. The lowest BCUT2D eigenvalue weighted by Crippen LogP contribution is -2.37. The van der Waals surface area contributed by atoms with Crippen molar-refractivity contribution in [1.29, 1.82) is 5.41 Å². The van der Waals surface area contributed by atoms with Crippen LogP contribution in [0.15, 0.2) is 66.7 Å². The third-order valence-corrected chi connectivity index (χ3v) is 5.23. The zero-order chi connectivity index (χ0) is 30.7. The van der Waals surface area contributed by atoms with Gasteiger partial charge in [0.15, 0.2) is 11.5 Å². The van der Waals surface area contributed by atoms with Crippen molar-refractivity contribution in [2.75, 3.05) is 25.0 Å². The molecule has 3 aromatic rings. The number of nitrogens with two attached hydrogens (primary N) is 1. The van der Waals surface area contributed by atoms with E-state index in [4.69, 9.17) is 30.5 Å². The number of alkyl halides is 3. The van der Waals surface area contributed by atoms with Gasteiger partial charge in [0.1, 0.15) is 11.9 Å². The van der Waals surface area contributed by atoms with Gasteiger partial charge in [-0.05, 0) is 54.1 Å². The average molecular weight is 578 g/mol. The number of rotatable bonds is 10. The molecule has 8 N–H and O–H groups in total. The molecule has 0 saturated heterocycles. The molecule has 3 aromatic carbocycles. The van der Waals surface area contributed by atoms with E-state index in [0.29, 0.717) is 28.3 Å². The van der Waals surface area contributed by atoms with Gasteiger partial charge in [0.25, 0.3) is 5.91 Å². The van der Waals surface area contributed by atoms with Gasteiger partial charge in [-0.2, -0.15) is 13.2 Å². The number of carbonyl (C=O) groups excluding carboxylic acids is 1. The number of nitrogen functional groups attached to an aromatic ring is 1. The summed E-state index contributed by atoms with van der Waals surface area (Å²) >= 11 is 0. The number of amides is 1. The largest absolute Gasteiger partial charge is 0.493 e. The molecule has 0 aliphatic heterocycles. The summed E-state index contributed by atoms with van der Waals surface area (Å²) in [6, 6.07) is 17.1. The fourth-order valence-corrected chi connectivity index (χ4v) is 3.23. The van der Waals surface area contributed by atoms with Crippen LogP contribution in [0.25, 0.3) is 0 Å². The van der Waals surface area contributed by atoms with Gasteiger partial charge in [0.05, 0.1) is 25.5 Å². The van der Waals surface area contributed by atoms with E-state index in [2.05, 4.69) is 16.2 Å². The number of benzene rings is 3. The van der Waals surface area contributed by atoms with E-state index < -0.39 is 30.1 Å². The van der Waals surface area contributed by atoms with E-state index in [1.807, 2.05) is 0 Å². The van der Waals surface area contributed by atoms with Gasteiger partial charge < -0.3 is 30.7 Å². The zero-order valence-electron chi connectivity index (χ0n) is 21.6. The standard InChI is InChI=1S/C24H25N5O5.C2HF3O2/c1-33-19-12-9-15(13-20(19)34-2)21(27-16-10-7-14(8-11-16)22(25)26)23(30)29-28-18-6-4-3-5-17(18)24(31)32;3-2(4,5)1(6)7/h3-13,21,27-28H,1-2H3,(H3,25,26)(H,29,30)(H,31,32);(H,6,7). The van der Waals surface area contributed by atoms with Crippen LogP contribution < -0.4 is 31.4 Å². The number of ether oxygens (including phenoxy) is 2. The van der Waals surface area contributed by atoms with Crippen LogP contribution in [0, 0.1) is 5.41 Å². The SMILES string of the molecule is COc1ccc(C(Nc2ccc(C(=N)N)cc2)C(=O)NNc2ccccc2C(=O)O)cc1OC.O=C(O)C(F)(F)F. The summed E-state index contributed by atoms with van der Waals surface area (Å²) in [6.45, 7) is 0. The lowest BCUT2D eigenvalue weighted by Gasteiger charge is -2.22. The van der Waals surface area contributed by atoms with E-state index in [-0.39, 0.29) is 17.1 Å². The fourth-order valence-electron chi connectivity index (χ4n) is 3.23. The average Bonchev–Trinajstić information content (AvgIpc) is 2.94. The quantitative estimate of drug-likeness (QED) is 0.106. The van der Waals surface area contributed by atoms with E-state index in [0.717, 1.165) is 0 Å². The van der Waals surface area contributed by atoms with Gasteiger partial charge in [-0.3, -0.25) is 21.1 Å². The van der Waals surface area contributed by atoms with Crippen molar-refractivity contribution < 1.29 is 47.2 Å². The lowest BCUT2D eigenvalue weighted by atomic mass is 10.0. The number of hydrogen-bond acceptors (Lipinski definition) is 8. The van der Waals surface area contributed by atoms with Crippen molar-refractivity contribution in [2.45, 2.75) is 12.2 Å². The predicted octanol–water partition coefficient (Wildman–Crippen LogP) is 3.62. The lowest BCUT2D eigenvalue weighted by molar-refractivity contribution is -0.192. The van der Waals surface area contributed by atoms with E-state index >= 15 is 0 Å². The Hall–Kier alpha value is -5.47. The number of carboxylic acids is 2. The molecular weight excluding hydrogens is 551 g/mol. The third kappa shape index (κ3) is 9.05. The first-order valence-corrected chi connectivity index (χ1v) is 11.4. The maximum absolute atomic E-state index is 13.2.